The Labute approximate surface area is 102 Å². The lowest BCUT2D eigenvalue weighted by molar-refractivity contribution is 0.617. The fourth-order valence-corrected chi connectivity index (χ4v) is 1.76. The van der Waals surface area contributed by atoms with E-state index in [0.29, 0.717) is 33.4 Å². The highest BCUT2D eigenvalue weighted by molar-refractivity contribution is 6.30. The van der Waals surface area contributed by atoms with Gasteiger partial charge in [-0.3, -0.25) is 4.98 Å². The van der Waals surface area contributed by atoms with Crippen molar-refractivity contribution in [3.05, 3.63) is 41.6 Å². The van der Waals surface area contributed by atoms with Gasteiger partial charge in [0.1, 0.15) is 11.2 Å². The van der Waals surface area contributed by atoms with Crippen molar-refractivity contribution in [2.75, 3.05) is 5.73 Å². The van der Waals surface area contributed by atoms with Crippen LogP contribution in [0.5, 0.6) is 0 Å². The van der Waals surface area contributed by atoms with Crippen molar-refractivity contribution in [3.63, 3.8) is 0 Å². The van der Waals surface area contributed by atoms with Gasteiger partial charge in [0.2, 0.25) is 5.89 Å². The first-order valence-corrected chi connectivity index (χ1v) is 5.39. The number of nitrogen functional groups attached to an aromatic ring is 1. The Kier molecular flexibility index (Phi) is 2.23. The monoisotopic (exact) mass is 245 g/mol. The largest absolute Gasteiger partial charge is 0.435 e. The maximum atomic E-state index is 5.89. The normalized spacial score (nSPS) is 10.9. The van der Waals surface area contributed by atoms with Crippen LogP contribution in [0.1, 0.15) is 0 Å². The standard InChI is InChI=1S/C12H8ClN3O/c13-7-4-5-15-9(6-7)12-16-11-8(14)2-1-3-10(11)17-12/h1-6H,14H2. The van der Waals surface area contributed by atoms with Gasteiger partial charge < -0.3 is 10.2 Å². The minimum atomic E-state index is 0.417. The highest BCUT2D eigenvalue weighted by atomic mass is 35.5. The summed E-state index contributed by atoms with van der Waals surface area (Å²) in [4.78, 5) is 8.46. The van der Waals surface area contributed by atoms with E-state index in [4.69, 9.17) is 21.8 Å². The lowest BCUT2D eigenvalue weighted by atomic mass is 10.3. The minimum Gasteiger partial charge on any atom is -0.435 e. The molecule has 0 aliphatic heterocycles. The van der Waals surface area contributed by atoms with Gasteiger partial charge in [-0.15, -0.1) is 0 Å². The molecule has 84 valence electrons. The predicted molar refractivity (Wildman–Crippen MR) is 66.7 cm³/mol. The van der Waals surface area contributed by atoms with Crippen LogP contribution in [-0.2, 0) is 0 Å². The Hall–Kier alpha value is -2.07. The van der Waals surface area contributed by atoms with Gasteiger partial charge in [-0.05, 0) is 24.3 Å². The third-order valence-corrected chi connectivity index (χ3v) is 2.63. The second-order valence-corrected chi connectivity index (χ2v) is 4.01. The lowest BCUT2D eigenvalue weighted by Crippen LogP contribution is -1.85. The van der Waals surface area contributed by atoms with Gasteiger partial charge in [0.05, 0.1) is 5.69 Å². The number of aromatic nitrogens is 2. The Balaban J connectivity index is 2.22. The molecule has 1 aromatic carbocycles. The number of pyridine rings is 1. The van der Waals surface area contributed by atoms with E-state index in [2.05, 4.69) is 9.97 Å². The van der Waals surface area contributed by atoms with E-state index in [-0.39, 0.29) is 0 Å². The summed E-state index contributed by atoms with van der Waals surface area (Å²) >= 11 is 5.89. The molecule has 0 saturated carbocycles. The molecule has 0 aliphatic rings. The van der Waals surface area contributed by atoms with E-state index in [0.717, 1.165) is 0 Å². The quantitative estimate of drug-likeness (QED) is 0.669. The Morgan fingerprint density at radius 1 is 1.24 bits per heavy atom. The molecule has 0 radical (unpaired) electrons. The third-order valence-electron chi connectivity index (χ3n) is 2.39. The number of halogens is 1. The molecule has 5 heteroatoms. The zero-order valence-corrected chi connectivity index (χ0v) is 9.48. The number of nitrogens with two attached hydrogens (primary N) is 1. The molecule has 0 atom stereocenters. The van der Waals surface area contributed by atoms with Crippen molar-refractivity contribution in [1.82, 2.24) is 9.97 Å². The van der Waals surface area contributed by atoms with Crippen LogP contribution < -0.4 is 5.73 Å². The number of anilines is 1. The van der Waals surface area contributed by atoms with Crippen LogP contribution in [0.15, 0.2) is 40.9 Å². The average Bonchev–Trinajstić information content (AvgIpc) is 2.74. The van der Waals surface area contributed by atoms with Crippen LogP contribution in [0, 0.1) is 0 Å². The van der Waals surface area contributed by atoms with E-state index < -0.39 is 0 Å². The Morgan fingerprint density at radius 3 is 2.88 bits per heavy atom. The van der Waals surface area contributed by atoms with Crippen molar-refractivity contribution in [3.8, 4) is 11.6 Å². The molecule has 17 heavy (non-hydrogen) atoms. The molecule has 0 bridgehead atoms. The van der Waals surface area contributed by atoms with Gasteiger partial charge in [-0.25, -0.2) is 4.98 Å². The van der Waals surface area contributed by atoms with E-state index in [1.807, 2.05) is 12.1 Å². The molecule has 3 rings (SSSR count). The van der Waals surface area contributed by atoms with E-state index in [1.165, 1.54) is 0 Å². The summed E-state index contributed by atoms with van der Waals surface area (Å²) < 4.78 is 5.58. The Bertz CT molecular complexity index is 693. The summed E-state index contributed by atoms with van der Waals surface area (Å²) in [5.41, 5.74) is 8.27. The molecule has 0 saturated heterocycles. The summed E-state index contributed by atoms with van der Waals surface area (Å²) in [5, 5.41) is 0.588. The van der Waals surface area contributed by atoms with E-state index in [9.17, 15) is 0 Å². The first-order valence-electron chi connectivity index (χ1n) is 5.01. The van der Waals surface area contributed by atoms with Gasteiger partial charge in [0.15, 0.2) is 5.58 Å². The fourth-order valence-electron chi connectivity index (χ4n) is 1.60. The van der Waals surface area contributed by atoms with Gasteiger partial charge in [0.25, 0.3) is 0 Å². The number of hydrogen-bond donors (Lipinski definition) is 1. The van der Waals surface area contributed by atoms with Crippen LogP contribution in [-0.4, -0.2) is 9.97 Å². The summed E-state index contributed by atoms with van der Waals surface area (Å²) in [7, 11) is 0. The number of rotatable bonds is 1. The molecular formula is C12H8ClN3O. The smallest absolute Gasteiger partial charge is 0.246 e. The number of nitrogens with zero attached hydrogens (tertiary/aromatic N) is 2. The molecule has 2 aromatic heterocycles. The van der Waals surface area contributed by atoms with Crippen molar-refractivity contribution in [2.24, 2.45) is 0 Å². The molecule has 0 amide bonds. The summed E-state index contributed by atoms with van der Waals surface area (Å²) in [6, 6.07) is 8.80. The van der Waals surface area contributed by atoms with Crippen molar-refractivity contribution in [2.45, 2.75) is 0 Å². The van der Waals surface area contributed by atoms with Crippen molar-refractivity contribution < 1.29 is 4.42 Å². The number of oxazole rings is 1. The number of para-hydroxylation sites is 1. The first-order chi connectivity index (χ1) is 8.24. The average molecular weight is 246 g/mol. The predicted octanol–water partition coefficient (Wildman–Crippen LogP) is 3.13. The molecule has 0 fully saturated rings. The molecular weight excluding hydrogens is 238 g/mol. The molecule has 2 N–H and O–H groups in total. The van der Waals surface area contributed by atoms with Crippen molar-refractivity contribution >= 4 is 28.4 Å². The summed E-state index contributed by atoms with van der Waals surface area (Å²) in [5.74, 6) is 0.417. The van der Waals surface area contributed by atoms with Crippen LogP contribution >= 0.6 is 11.6 Å². The minimum absolute atomic E-state index is 0.417. The van der Waals surface area contributed by atoms with Gasteiger partial charge >= 0.3 is 0 Å². The van der Waals surface area contributed by atoms with E-state index >= 15 is 0 Å². The Morgan fingerprint density at radius 2 is 2.12 bits per heavy atom. The van der Waals surface area contributed by atoms with Gasteiger partial charge in [-0.2, -0.15) is 0 Å². The zero-order chi connectivity index (χ0) is 11.8. The van der Waals surface area contributed by atoms with Crippen LogP contribution in [0.3, 0.4) is 0 Å². The number of benzene rings is 1. The lowest BCUT2D eigenvalue weighted by Gasteiger charge is -1.93. The van der Waals surface area contributed by atoms with E-state index in [1.54, 1.807) is 24.4 Å². The van der Waals surface area contributed by atoms with Crippen LogP contribution in [0.4, 0.5) is 5.69 Å². The number of fused-ring (bicyclic) bond motifs is 1. The zero-order valence-electron chi connectivity index (χ0n) is 8.72. The fraction of sp³-hybridized carbons (Fsp3) is 0. The maximum Gasteiger partial charge on any atom is 0.246 e. The topological polar surface area (TPSA) is 64.9 Å². The highest BCUT2D eigenvalue weighted by Gasteiger charge is 2.11. The number of hydrogen-bond acceptors (Lipinski definition) is 4. The summed E-state index contributed by atoms with van der Waals surface area (Å²) in [6.07, 6.45) is 1.61. The molecule has 0 aliphatic carbocycles. The molecule has 0 spiro atoms. The first kappa shape index (κ1) is 10.1. The molecule has 0 unspecified atom stereocenters. The van der Waals surface area contributed by atoms with Crippen LogP contribution in [0.25, 0.3) is 22.7 Å². The molecule has 4 nitrogen and oxygen atoms in total. The third kappa shape index (κ3) is 1.72. The maximum absolute atomic E-state index is 5.89. The van der Waals surface area contributed by atoms with Crippen LogP contribution in [0.2, 0.25) is 5.02 Å². The second kappa shape index (κ2) is 3.75. The van der Waals surface area contributed by atoms with Crippen molar-refractivity contribution in [1.29, 1.82) is 0 Å². The second-order valence-electron chi connectivity index (χ2n) is 3.57. The molecule has 2 heterocycles. The molecule has 3 aromatic rings. The summed E-state index contributed by atoms with van der Waals surface area (Å²) in [6.45, 7) is 0. The van der Waals surface area contributed by atoms with Gasteiger partial charge in [-0.1, -0.05) is 17.7 Å². The highest BCUT2D eigenvalue weighted by Crippen LogP contribution is 2.27. The SMILES string of the molecule is Nc1cccc2oc(-c3cc(Cl)ccn3)nc12. The van der Waals surface area contributed by atoms with Gasteiger partial charge in [0, 0.05) is 11.2 Å².